The van der Waals surface area contributed by atoms with Crippen LogP contribution in [0.1, 0.15) is 11.1 Å². The number of ether oxygens (including phenoxy) is 7. The summed E-state index contributed by atoms with van der Waals surface area (Å²) in [6.07, 6.45) is -0.906. The van der Waals surface area contributed by atoms with Gasteiger partial charge in [0.1, 0.15) is 0 Å². The topological polar surface area (TPSA) is 64.6 Å². The summed E-state index contributed by atoms with van der Waals surface area (Å²) in [5.41, 5.74) is 2.29. The Balaban J connectivity index is 1.08. The molecule has 7 nitrogen and oxygen atoms in total. The zero-order chi connectivity index (χ0) is 22.0. The van der Waals surface area contributed by atoms with Crippen LogP contribution in [0.2, 0.25) is 0 Å². The van der Waals surface area contributed by atoms with Gasteiger partial charge in [-0.25, -0.2) is 0 Å². The van der Waals surface area contributed by atoms with Gasteiger partial charge in [-0.05, 0) is 11.1 Å². The molecule has 0 bridgehead atoms. The van der Waals surface area contributed by atoms with Crippen LogP contribution in [0.25, 0.3) is 0 Å². The minimum Gasteiger partial charge on any atom is -0.371 e. The lowest BCUT2D eigenvalue weighted by molar-refractivity contribution is -0.105. The third-order valence-corrected chi connectivity index (χ3v) is 7.01. The van der Waals surface area contributed by atoms with E-state index in [-0.39, 0.29) is 48.8 Å². The molecule has 4 aliphatic rings. The van der Waals surface area contributed by atoms with E-state index in [1.165, 1.54) is 0 Å². The normalized spacial score (nSPS) is 37.3. The Hall–Kier alpha value is -1.84. The number of hydrogen-bond acceptors (Lipinski definition) is 7. The molecule has 4 heterocycles. The molecule has 0 aromatic heterocycles. The van der Waals surface area contributed by atoms with Crippen molar-refractivity contribution in [3.05, 3.63) is 71.8 Å². The van der Waals surface area contributed by atoms with Crippen molar-refractivity contribution in [2.45, 2.75) is 50.2 Å². The van der Waals surface area contributed by atoms with E-state index in [1.807, 2.05) is 36.4 Å². The molecule has 176 valence electrons. The number of hydrogen-bond donors (Lipinski definition) is 0. The highest BCUT2D eigenvalue weighted by molar-refractivity contribution is 5.14. The maximum absolute atomic E-state index is 6.59. The first-order chi connectivity index (χ1) is 16.3. The highest BCUT2D eigenvalue weighted by Gasteiger charge is 2.54. The van der Waals surface area contributed by atoms with Gasteiger partial charge in [0.05, 0.1) is 75.9 Å². The van der Waals surface area contributed by atoms with Crippen LogP contribution in [0.5, 0.6) is 0 Å². The fraction of sp³-hybridized carbons (Fsp3) is 0.538. The van der Waals surface area contributed by atoms with E-state index in [0.29, 0.717) is 39.6 Å². The van der Waals surface area contributed by atoms with E-state index >= 15 is 0 Å². The fourth-order valence-electron chi connectivity index (χ4n) is 5.28. The van der Waals surface area contributed by atoms with Crippen LogP contribution in [-0.2, 0) is 46.4 Å². The molecule has 4 saturated heterocycles. The molecule has 6 rings (SSSR count). The van der Waals surface area contributed by atoms with Crippen molar-refractivity contribution in [3.8, 4) is 0 Å². The van der Waals surface area contributed by atoms with E-state index in [4.69, 9.17) is 33.2 Å². The van der Waals surface area contributed by atoms with Crippen molar-refractivity contribution in [1.29, 1.82) is 0 Å². The molecule has 0 N–H and O–H groups in total. The molecule has 2 aromatic carbocycles. The van der Waals surface area contributed by atoms with Crippen LogP contribution >= 0.6 is 0 Å². The minimum absolute atomic E-state index is 0.0405. The molecular formula is C26H30O7. The summed E-state index contributed by atoms with van der Waals surface area (Å²) in [6, 6.07) is 20.4. The molecule has 0 aliphatic carbocycles. The van der Waals surface area contributed by atoms with Crippen molar-refractivity contribution in [1.82, 2.24) is 0 Å². The average Bonchev–Trinajstić information content (AvgIpc) is 3.63. The van der Waals surface area contributed by atoms with Gasteiger partial charge < -0.3 is 33.2 Å². The van der Waals surface area contributed by atoms with Gasteiger partial charge in [-0.3, -0.25) is 0 Å². The van der Waals surface area contributed by atoms with Crippen molar-refractivity contribution < 1.29 is 33.2 Å². The smallest absolute Gasteiger partial charge is 0.165 e. The van der Waals surface area contributed by atoms with Gasteiger partial charge in [-0.1, -0.05) is 60.7 Å². The maximum Gasteiger partial charge on any atom is 0.165 e. The van der Waals surface area contributed by atoms with Crippen LogP contribution in [-0.4, -0.2) is 63.4 Å². The number of rotatable bonds is 8. The molecule has 0 spiro atoms. The largest absolute Gasteiger partial charge is 0.371 e. The zero-order valence-corrected chi connectivity index (χ0v) is 18.5. The third-order valence-electron chi connectivity index (χ3n) is 7.01. The molecule has 2 aromatic rings. The summed E-state index contributed by atoms with van der Waals surface area (Å²) in [5.74, 6) is 0.0811. The lowest BCUT2D eigenvalue weighted by Gasteiger charge is -2.28. The van der Waals surface area contributed by atoms with Gasteiger partial charge >= 0.3 is 0 Å². The monoisotopic (exact) mass is 454 g/mol. The summed E-state index contributed by atoms with van der Waals surface area (Å²) in [7, 11) is 0. The van der Waals surface area contributed by atoms with Gasteiger partial charge in [-0.15, -0.1) is 0 Å². The van der Waals surface area contributed by atoms with Crippen molar-refractivity contribution in [2.75, 3.05) is 26.4 Å². The first-order valence-corrected chi connectivity index (χ1v) is 11.8. The Morgan fingerprint density at radius 1 is 0.545 bits per heavy atom. The minimum atomic E-state index is -0.279. The predicted octanol–water partition coefficient (Wildman–Crippen LogP) is 2.92. The molecule has 33 heavy (non-hydrogen) atoms. The summed E-state index contributed by atoms with van der Waals surface area (Å²) in [4.78, 5) is 0. The summed E-state index contributed by atoms with van der Waals surface area (Å²) in [6.45, 7) is 3.11. The second kappa shape index (κ2) is 9.80. The molecule has 0 amide bonds. The molecule has 8 unspecified atom stereocenters. The lowest BCUT2D eigenvalue weighted by Crippen LogP contribution is -2.41. The molecule has 4 aliphatic heterocycles. The zero-order valence-electron chi connectivity index (χ0n) is 18.5. The predicted molar refractivity (Wildman–Crippen MR) is 117 cm³/mol. The Morgan fingerprint density at radius 2 is 0.939 bits per heavy atom. The van der Waals surface area contributed by atoms with E-state index in [1.54, 1.807) is 0 Å². The number of benzene rings is 2. The Morgan fingerprint density at radius 3 is 1.36 bits per heavy atom. The van der Waals surface area contributed by atoms with Gasteiger partial charge in [0, 0.05) is 0 Å². The fourth-order valence-corrected chi connectivity index (χ4v) is 5.28. The van der Waals surface area contributed by atoms with Gasteiger partial charge in [0.2, 0.25) is 0 Å². The molecule has 0 radical (unpaired) electrons. The van der Waals surface area contributed by atoms with Crippen molar-refractivity contribution in [2.24, 2.45) is 11.8 Å². The summed E-state index contributed by atoms with van der Waals surface area (Å²) >= 11 is 0. The van der Waals surface area contributed by atoms with Crippen LogP contribution in [0, 0.1) is 11.8 Å². The number of fused-ring (bicyclic) bond motifs is 2. The molecular weight excluding hydrogens is 424 g/mol. The van der Waals surface area contributed by atoms with Crippen LogP contribution in [0.4, 0.5) is 0 Å². The maximum atomic E-state index is 6.59. The van der Waals surface area contributed by atoms with E-state index in [0.717, 1.165) is 11.1 Å². The average molecular weight is 455 g/mol. The standard InChI is InChI=1S/C26H30O7/c1-3-7-17(8-4-1)11-27-19-13-29-25-23(19)21(15-31-25)33-22-16-32-26-24(22)20(14-30-26)28-12-18-9-5-2-6-10-18/h1-10,19-26H,11-16H2. The quantitative estimate of drug-likeness (QED) is 0.608. The summed E-state index contributed by atoms with van der Waals surface area (Å²) < 4.78 is 42.6. The second-order valence-electron chi connectivity index (χ2n) is 9.11. The van der Waals surface area contributed by atoms with Gasteiger partial charge in [0.25, 0.3) is 0 Å². The van der Waals surface area contributed by atoms with Gasteiger partial charge in [-0.2, -0.15) is 0 Å². The molecule has 4 fully saturated rings. The van der Waals surface area contributed by atoms with Crippen LogP contribution < -0.4 is 0 Å². The Kier molecular flexibility index (Phi) is 6.44. The first-order valence-electron chi connectivity index (χ1n) is 11.8. The van der Waals surface area contributed by atoms with Crippen LogP contribution in [0.3, 0.4) is 0 Å². The highest BCUT2D eigenvalue weighted by atomic mass is 16.7. The van der Waals surface area contributed by atoms with E-state index in [9.17, 15) is 0 Å². The SMILES string of the molecule is c1ccc(COC2COC3OCC(OC4COC5OCC(OCc6ccccc6)C45)C23)cc1. The Bertz CT molecular complexity index is 821. The second-order valence-corrected chi connectivity index (χ2v) is 9.11. The van der Waals surface area contributed by atoms with Crippen molar-refractivity contribution >= 4 is 0 Å². The third kappa shape index (κ3) is 4.59. The lowest BCUT2D eigenvalue weighted by atomic mass is 9.97. The summed E-state index contributed by atoms with van der Waals surface area (Å²) in [5, 5.41) is 0. The van der Waals surface area contributed by atoms with E-state index in [2.05, 4.69) is 24.3 Å². The highest BCUT2D eigenvalue weighted by Crippen LogP contribution is 2.40. The molecule has 7 heteroatoms. The van der Waals surface area contributed by atoms with Crippen LogP contribution in [0.15, 0.2) is 60.7 Å². The molecule has 8 atom stereocenters. The van der Waals surface area contributed by atoms with Gasteiger partial charge in [0.15, 0.2) is 12.6 Å². The van der Waals surface area contributed by atoms with E-state index < -0.39 is 0 Å². The Labute approximate surface area is 193 Å². The first kappa shape index (κ1) is 21.7. The van der Waals surface area contributed by atoms with Crippen molar-refractivity contribution in [3.63, 3.8) is 0 Å². The molecule has 0 saturated carbocycles.